The van der Waals surface area contributed by atoms with Gasteiger partial charge in [0.2, 0.25) is 0 Å². The summed E-state index contributed by atoms with van der Waals surface area (Å²) in [5.74, 6) is -0.248. The molecule has 0 spiro atoms. The molecule has 0 fully saturated rings. The third kappa shape index (κ3) is 2.83. The standard InChI is InChI=1S/C24H18FN5/c1-2-29-22-9-7-18(25)13-20(22)21-14-19(8-10-23(21)29)30-24(15-27-28-30)17-5-3-16(4-6-17)11-12-26/h3-10,13-15H,2,11H2,1H3. The van der Waals surface area contributed by atoms with Gasteiger partial charge in [-0.05, 0) is 48.9 Å². The summed E-state index contributed by atoms with van der Waals surface area (Å²) < 4.78 is 17.9. The summed E-state index contributed by atoms with van der Waals surface area (Å²) >= 11 is 0. The van der Waals surface area contributed by atoms with Crippen LogP contribution in [0.3, 0.4) is 0 Å². The Kier molecular flexibility index (Phi) is 4.29. The molecule has 0 bridgehead atoms. The Morgan fingerprint density at radius 3 is 2.43 bits per heavy atom. The number of benzene rings is 3. The molecule has 0 amide bonds. The molecule has 0 unspecified atom stereocenters. The summed E-state index contributed by atoms with van der Waals surface area (Å²) in [7, 11) is 0. The van der Waals surface area contributed by atoms with Crippen LogP contribution in [-0.2, 0) is 13.0 Å². The summed E-state index contributed by atoms with van der Waals surface area (Å²) in [6, 6.07) is 21.0. The maximum Gasteiger partial charge on any atom is 0.123 e. The molecule has 0 aliphatic carbocycles. The van der Waals surface area contributed by atoms with Crippen LogP contribution in [0.5, 0.6) is 0 Å². The number of aromatic nitrogens is 4. The molecular formula is C24H18FN5. The van der Waals surface area contributed by atoms with Crippen LogP contribution in [0.15, 0.2) is 66.9 Å². The molecule has 0 atom stereocenters. The maximum atomic E-state index is 14.0. The van der Waals surface area contributed by atoms with Crippen molar-refractivity contribution in [3.05, 3.63) is 78.2 Å². The van der Waals surface area contributed by atoms with E-state index in [-0.39, 0.29) is 5.82 Å². The molecule has 0 saturated carbocycles. The molecule has 2 heterocycles. The van der Waals surface area contributed by atoms with Gasteiger partial charge in [0.05, 0.1) is 30.1 Å². The first-order chi connectivity index (χ1) is 14.7. The highest BCUT2D eigenvalue weighted by atomic mass is 19.1. The summed E-state index contributed by atoms with van der Waals surface area (Å²) in [4.78, 5) is 0. The highest BCUT2D eigenvalue weighted by Crippen LogP contribution is 2.32. The zero-order valence-corrected chi connectivity index (χ0v) is 16.4. The highest BCUT2D eigenvalue weighted by Gasteiger charge is 2.14. The number of rotatable bonds is 4. The summed E-state index contributed by atoms with van der Waals surface area (Å²) in [6.45, 7) is 2.89. The topological polar surface area (TPSA) is 59.4 Å². The highest BCUT2D eigenvalue weighted by molar-refractivity contribution is 6.08. The molecular weight excluding hydrogens is 377 g/mol. The second kappa shape index (κ2) is 7.12. The van der Waals surface area contributed by atoms with Gasteiger partial charge in [-0.3, -0.25) is 0 Å². The van der Waals surface area contributed by atoms with Gasteiger partial charge in [0.15, 0.2) is 0 Å². The monoisotopic (exact) mass is 395 g/mol. The van der Waals surface area contributed by atoms with Crippen LogP contribution >= 0.6 is 0 Å². The van der Waals surface area contributed by atoms with E-state index in [0.717, 1.165) is 50.9 Å². The van der Waals surface area contributed by atoms with Gasteiger partial charge < -0.3 is 4.57 Å². The van der Waals surface area contributed by atoms with Gasteiger partial charge in [-0.25, -0.2) is 9.07 Å². The van der Waals surface area contributed by atoms with E-state index in [1.54, 1.807) is 16.9 Å². The lowest BCUT2D eigenvalue weighted by molar-refractivity contribution is 0.629. The third-order valence-corrected chi connectivity index (χ3v) is 5.45. The number of nitriles is 1. The normalized spacial score (nSPS) is 11.2. The fourth-order valence-corrected chi connectivity index (χ4v) is 4.04. The molecule has 0 aliphatic rings. The van der Waals surface area contributed by atoms with Crippen molar-refractivity contribution in [2.24, 2.45) is 0 Å². The second-order valence-corrected chi connectivity index (χ2v) is 7.17. The van der Waals surface area contributed by atoms with E-state index in [1.165, 1.54) is 6.07 Å². The van der Waals surface area contributed by atoms with Gasteiger partial charge in [-0.15, -0.1) is 5.10 Å². The molecule has 0 N–H and O–H groups in total. The third-order valence-electron chi connectivity index (χ3n) is 5.45. The zero-order valence-electron chi connectivity index (χ0n) is 16.4. The van der Waals surface area contributed by atoms with Crippen molar-refractivity contribution in [2.75, 3.05) is 0 Å². The predicted molar refractivity (Wildman–Crippen MR) is 115 cm³/mol. The van der Waals surface area contributed by atoms with Gasteiger partial charge in [-0.1, -0.05) is 29.5 Å². The van der Waals surface area contributed by atoms with Crippen molar-refractivity contribution in [2.45, 2.75) is 19.9 Å². The number of nitrogens with zero attached hydrogens (tertiary/aromatic N) is 5. The van der Waals surface area contributed by atoms with Crippen molar-refractivity contribution in [3.63, 3.8) is 0 Å². The lowest BCUT2D eigenvalue weighted by atomic mass is 10.1. The average Bonchev–Trinajstić information content (AvgIpc) is 3.37. The Morgan fingerprint density at radius 1 is 0.967 bits per heavy atom. The van der Waals surface area contributed by atoms with Crippen LogP contribution in [0.25, 0.3) is 38.8 Å². The van der Waals surface area contributed by atoms with Gasteiger partial charge in [-0.2, -0.15) is 5.26 Å². The van der Waals surface area contributed by atoms with E-state index in [9.17, 15) is 4.39 Å². The first-order valence-corrected chi connectivity index (χ1v) is 9.78. The van der Waals surface area contributed by atoms with Gasteiger partial charge >= 0.3 is 0 Å². The van der Waals surface area contributed by atoms with Crippen LogP contribution in [0.2, 0.25) is 0 Å². The number of hydrogen-bond donors (Lipinski definition) is 0. The number of fused-ring (bicyclic) bond motifs is 3. The molecule has 6 heteroatoms. The lowest BCUT2D eigenvalue weighted by Crippen LogP contribution is -2.00. The van der Waals surface area contributed by atoms with Crippen molar-refractivity contribution >= 4 is 21.8 Å². The minimum atomic E-state index is -0.248. The number of aryl methyl sites for hydroxylation is 1. The Bertz CT molecular complexity index is 1420. The van der Waals surface area contributed by atoms with Crippen molar-refractivity contribution in [3.8, 4) is 23.0 Å². The van der Waals surface area contributed by atoms with Crippen LogP contribution in [-0.4, -0.2) is 19.6 Å². The van der Waals surface area contributed by atoms with Crippen LogP contribution in [0.4, 0.5) is 4.39 Å². The smallest absolute Gasteiger partial charge is 0.123 e. The predicted octanol–water partition coefficient (Wildman–Crippen LogP) is 5.27. The average molecular weight is 395 g/mol. The fraction of sp³-hybridized carbons (Fsp3) is 0.125. The summed E-state index contributed by atoms with van der Waals surface area (Å²) in [6.07, 6.45) is 2.10. The molecule has 5 rings (SSSR count). The Hall–Kier alpha value is -3.98. The fourth-order valence-electron chi connectivity index (χ4n) is 4.04. The van der Waals surface area contributed by atoms with Crippen molar-refractivity contribution in [1.82, 2.24) is 19.6 Å². The molecule has 0 saturated heterocycles. The quantitative estimate of drug-likeness (QED) is 0.417. The van der Waals surface area contributed by atoms with E-state index in [2.05, 4.69) is 27.9 Å². The molecule has 0 radical (unpaired) electrons. The van der Waals surface area contributed by atoms with Gasteiger partial charge in [0, 0.05) is 33.9 Å². The number of halogens is 1. The Labute approximate surface area is 172 Å². The van der Waals surface area contributed by atoms with Crippen LogP contribution in [0, 0.1) is 17.1 Å². The molecule has 3 aromatic carbocycles. The zero-order chi connectivity index (χ0) is 20.7. The number of hydrogen-bond acceptors (Lipinski definition) is 3. The van der Waals surface area contributed by atoms with E-state index in [0.29, 0.717) is 6.42 Å². The van der Waals surface area contributed by atoms with Crippen molar-refractivity contribution in [1.29, 1.82) is 5.26 Å². The van der Waals surface area contributed by atoms with Gasteiger partial charge in [0.25, 0.3) is 0 Å². The molecule has 5 nitrogen and oxygen atoms in total. The second-order valence-electron chi connectivity index (χ2n) is 7.17. The van der Waals surface area contributed by atoms with E-state index in [4.69, 9.17) is 5.26 Å². The van der Waals surface area contributed by atoms with Crippen LogP contribution in [0.1, 0.15) is 12.5 Å². The lowest BCUT2D eigenvalue weighted by Gasteiger charge is -2.08. The van der Waals surface area contributed by atoms with E-state index in [1.807, 2.05) is 48.5 Å². The summed E-state index contributed by atoms with van der Waals surface area (Å²) in [5, 5.41) is 19.1. The van der Waals surface area contributed by atoms with Crippen molar-refractivity contribution < 1.29 is 4.39 Å². The van der Waals surface area contributed by atoms with Crippen LogP contribution < -0.4 is 0 Å². The molecule has 0 aliphatic heterocycles. The first-order valence-electron chi connectivity index (χ1n) is 9.78. The maximum absolute atomic E-state index is 14.0. The minimum Gasteiger partial charge on any atom is -0.341 e. The largest absolute Gasteiger partial charge is 0.341 e. The molecule has 30 heavy (non-hydrogen) atoms. The Balaban J connectivity index is 1.66. The molecule has 5 aromatic rings. The summed E-state index contributed by atoms with van der Waals surface area (Å²) in [5.41, 5.74) is 5.71. The SMILES string of the molecule is CCn1c2ccc(F)cc2c2cc(-n3nncc3-c3ccc(CC#N)cc3)ccc21. The van der Waals surface area contributed by atoms with Gasteiger partial charge in [0.1, 0.15) is 5.82 Å². The molecule has 2 aromatic heterocycles. The van der Waals surface area contributed by atoms with E-state index >= 15 is 0 Å². The first kappa shape index (κ1) is 18.1. The minimum absolute atomic E-state index is 0.248. The Morgan fingerprint density at radius 2 is 1.70 bits per heavy atom. The van der Waals surface area contributed by atoms with E-state index < -0.39 is 0 Å². The molecule has 146 valence electrons.